The lowest BCUT2D eigenvalue weighted by Crippen LogP contribution is -2.12. The molecule has 0 aromatic carbocycles. The van der Waals surface area contributed by atoms with E-state index in [0.717, 1.165) is 19.3 Å². The van der Waals surface area contributed by atoms with E-state index < -0.39 is 5.97 Å². The summed E-state index contributed by atoms with van der Waals surface area (Å²) in [6, 6.07) is 0. The number of rotatable bonds is 16. The molecule has 1 atom stereocenters. The largest absolute Gasteiger partial charge is 0.481 e. The van der Waals surface area contributed by atoms with E-state index in [1.165, 1.54) is 77.0 Å². The van der Waals surface area contributed by atoms with Crippen LogP contribution in [-0.2, 0) is 4.79 Å². The van der Waals surface area contributed by atoms with Gasteiger partial charge in [0.1, 0.15) is 0 Å². The summed E-state index contributed by atoms with van der Waals surface area (Å²) in [6.45, 7) is 4.24. The van der Waals surface area contributed by atoms with Gasteiger partial charge in [-0.05, 0) is 12.8 Å². The molecule has 0 heterocycles. The number of carbonyl (C=O) groups is 1. The van der Waals surface area contributed by atoms with Crippen LogP contribution in [-0.4, -0.2) is 11.1 Å². The van der Waals surface area contributed by atoms with Crippen molar-refractivity contribution >= 4 is 5.97 Å². The van der Waals surface area contributed by atoms with Crippen molar-refractivity contribution in [2.24, 2.45) is 5.92 Å². The predicted octanol–water partition coefficient (Wildman–Crippen LogP) is 6.58. The summed E-state index contributed by atoms with van der Waals surface area (Å²) in [7, 11) is 0. The first-order valence-corrected chi connectivity index (χ1v) is 9.45. The first-order chi connectivity index (χ1) is 10.2. The minimum absolute atomic E-state index is 0.113. The summed E-state index contributed by atoms with van der Waals surface area (Å²) in [6.07, 6.45) is 19.1. The molecule has 0 saturated heterocycles. The summed E-state index contributed by atoms with van der Waals surface area (Å²) >= 11 is 0. The van der Waals surface area contributed by atoms with Crippen molar-refractivity contribution in [3.8, 4) is 0 Å². The quantitative estimate of drug-likeness (QED) is 0.327. The third kappa shape index (κ3) is 14.2. The maximum Gasteiger partial charge on any atom is 0.306 e. The second kappa shape index (κ2) is 15.9. The van der Waals surface area contributed by atoms with Gasteiger partial charge in [-0.15, -0.1) is 0 Å². The topological polar surface area (TPSA) is 37.3 Å². The summed E-state index contributed by atoms with van der Waals surface area (Å²) in [5, 5.41) is 8.96. The summed E-state index contributed by atoms with van der Waals surface area (Å²) in [5.41, 5.74) is 0. The Morgan fingerprint density at radius 3 is 1.43 bits per heavy atom. The highest BCUT2D eigenvalue weighted by atomic mass is 16.4. The molecule has 0 radical (unpaired) electrons. The molecule has 2 heteroatoms. The van der Waals surface area contributed by atoms with Crippen LogP contribution < -0.4 is 0 Å². The Bertz CT molecular complexity index is 226. The highest BCUT2D eigenvalue weighted by Gasteiger charge is 2.13. The minimum atomic E-state index is -0.614. The van der Waals surface area contributed by atoms with Crippen molar-refractivity contribution in [2.75, 3.05) is 0 Å². The fourth-order valence-electron chi connectivity index (χ4n) is 2.91. The van der Waals surface area contributed by atoms with E-state index in [-0.39, 0.29) is 5.92 Å². The number of aliphatic carboxylic acids is 1. The molecule has 21 heavy (non-hydrogen) atoms. The van der Waals surface area contributed by atoms with Crippen LogP contribution in [0.1, 0.15) is 110 Å². The van der Waals surface area contributed by atoms with Gasteiger partial charge in [-0.2, -0.15) is 0 Å². The smallest absolute Gasteiger partial charge is 0.306 e. The Balaban J connectivity index is 3.14. The Kier molecular flexibility index (Phi) is 15.5. The Morgan fingerprint density at radius 1 is 0.714 bits per heavy atom. The molecular weight excluding hydrogens is 260 g/mol. The first kappa shape index (κ1) is 20.5. The van der Waals surface area contributed by atoms with Crippen LogP contribution in [0.5, 0.6) is 0 Å². The number of hydrogen-bond acceptors (Lipinski definition) is 1. The molecule has 0 aliphatic carbocycles. The molecule has 0 fully saturated rings. The lowest BCUT2D eigenvalue weighted by molar-refractivity contribution is -0.142. The zero-order valence-corrected chi connectivity index (χ0v) is 14.5. The van der Waals surface area contributed by atoms with Gasteiger partial charge in [0.05, 0.1) is 5.92 Å². The number of carboxylic acids is 1. The number of carboxylic acid groups (broad SMARTS) is 1. The molecule has 1 N–H and O–H groups in total. The molecule has 0 spiro atoms. The van der Waals surface area contributed by atoms with Gasteiger partial charge in [-0.25, -0.2) is 0 Å². The van der Waals surface area contributed by atoms with E-state index in [9.17, 15) is 4.79 Å². The van der Waals surface area contributed by atoms with Gasteiger partial charge in [0, 0.05) is 0 Å². The predicted molar refractivity (Wildman–Crippen MR) is 91.7 cm³/mol. The van der Waals surface area contributed by atoms with E-state index in [0.29, 0.717) is 0 Å². The first-order valence-electron chi connectivity index (χ1n) is 9.45. The van der Waals surface area contributed by atoms with Crippen molar-refractivity contribution in [2.45, 2.75) is 110 Å². The second-order valence-electron chi connectivity index (χ2n) is 6.47. The van der Waals surface area contributed by atoms with E-state index in [1.54, 1.807) is 0 Å². The van der Waals surface area contributed by atoms with Crippen molar-refractivity contribution < 1.29 is 9.90 Å². The van der Waals surface area contributed by atoms with Crippen LogP contribution in [0.3, 0.4) is 0 Å². The molecule has 0 aliphatic heterocycles. The van der Waals surface area contributed by atoms with Crippen molar-refractivity contribution in [3.63, 3.8) is 0 Å². The molecule has 0 aromatic heterocycles. The lowest BCUT2D eigenvalue weighted by Gasteiger charge is -2.08. The van der Waals surface area contributed by atoms with Crippen LogP contribution in [0.2, 0.25) is 0 Å². The molecule has 0 bridgehead atoms. The summed E-state index contributed by atoms with van der Waals surface area (Å²) in [4.78, 5) is 10.9. The van der Waals surface area contributed by atoms with Gasteiger partial charge in [0.15, 0.2) is 0 Å². The van der Waals surface area contributed by atoms with Crippen LogP contribution in [0, 0.1) is 5.92 Å². The molecule has 0 aliphatic rings. The molecule has 0 aromatic rings. The van der Waals surface area contributed by atoms with Crippen molar-refractivity contribution in [1.29, 1.82) is 0 Å². The summed E-state index contributed by atoms with van der Waals surface area (Å²) in [5.74, 6) is -0.728. The number of hydrogen-bond donors (Lipinski definition) is 1. The molecule has 0 amide bonds. The zero-order chi connectivity index (χ0) is 15.8. The van der Waals surface area contributed by atoms with Crippen LogP contribution in [0.25, 0.3) is 0 Å². The average molecular weight is 299 g/mol. The Morgan fingerprint density at radius 2 is 1.10 bits per heavy atom. The van der Waals surface area contributed by atoms with Crippen LogP contribution >= 0.6 is 0 Å². The third-order valence-electron chi connectivity index (χ3n) is 4.50. The van der Waals surface area contributed by atoms with E-state index in [2.05, 4.69) is 6.92 Å². The Labute approximate surface area is 132 Å². The SMILES string of the molecule is CCCCCCCCCCCCCCCC(CC)C(=O)O. The molecule has 0 saturated carbocycles. The average Bonchev–Trinajstić information content (AvgIpc) is 2.47. The highest BCUT2D eigenvalue weighted by molar-refractivity contribution is 5.69. The van der Waals surface area contributed by atoms with Crippen molar-refractivity contribution in [3.05, 3.63) is 0 Å². The fourth-order valence-corrected chi connectivity index (χ4v) is 2.91. The molecular formula is C19H38O2. The zero-order valence-electron chi connectivity index (χ0n) is 14.5. The van der Waals surface area contributed by atoms with Gasteiger partial charge in [0.25, 0.3) is 0 Å². The van der Waals surface area contributed by atoms with E-state index >= 15 is 0 Å². The highest BCUT2D eigenvalue weighted by Crippen LogP contribution is 2.16. The van der Waals surface area contributed by atoms with Gasteiger partial charge >= 0.3 is 5.97 Å². The van der Waals surface area contributed by atoms with Crippen LogP contribution in [0.4, 0.5) is 0 Å². The van der Waals surface area contributed by atoms with E-state index in [1.807, 2.05) is 6.92 Å². The lowest BCUT2D eigenvalue weighted by atomic mass is 9.98. The van der Waals surface area contributed by atoms with E-state index in [4.69, 9.17) is 5.11 Å². The van der Waals surface area contributed by atoms with Gasteiger partial charge in [0.2, 0.25) is 0 Å². The monoisotopic (exact) mass is 298 g/mol. The molecule has 2 nitrogen and oxygen atoms in total. The van der Waals surface area contributed by atoms with Gasteiger partial charge in [-0.3, -0.25) is 4.79 Å². The second-order valence-corrected chi connectivity index (χ2v) is 6.47. The van der Waals surface area contributed by atoms with Gasteiger partial charge < -0.3 is 5.11 Å². The van der Waals surface area contributed by atoms with Gasteiger partial charge in [-0.1, -0.05) is 97.3 Å². The molecule has 1 unspecified atom stereocenters. The minimum Gasteiger partial charge on any atom is -0.481 e. The third-order valence-corrected chi connectivity index (χ3v) is 4.50. The fraction of sp³-hybridized carbons (Fsp3) is 0.947. The molecule has 126 valence electrons. The Hall–Kier alpha value is -0.530. The van der Waals surface area contributed by atoms with Crippen molar-refractivity contribution in [1.82, 2.24) is 0 Å². The maximum absolute atomic E-state index is 10.9. The number of unbranched alkanes of at least 4 members (excludes halogenated alkanes) is 12. The van der Waals surface area contributed by atoms with Crippen LogP contribution in [0.15, 0.2) is 0 Å². The standard InChI is InChI=1S/C19H38O2/c1-3-5-6-7-8-9-10-11-12-13-14-15-16-17-18(4-2)19(20)21/h18H,3-17H2,1-2H3,(H,20,21). The normalized spacial score (nSPS) is 12.5. The molecule has 0 rings (SSSR count). The summed E-state index contributed by atoms with van der Waals surface area (Å²) < 4.78 is 0. The maximum atomic E-state index is 10.9.